The highest BCUT2D eigenvalue weighted by Crippen LogP contribution is 2.42. The van der Waals surface area contributed by atoms with Gasteiger partial charge in [-0.05, 0) is 64.7 Å². The second-order valence-electron chi connectivity index (χ2n) is 10.5. The van der Waals surface area contributed by atoms with Crippen molar-refractivity contribution in [3.8, 4) is 22.5 Å². The first-order valence-corrected chi connectivity index (χ1v) is 12.4. The van der Waals surface area contributed by atoms with Crippen molar-refractivity contribution in [2.75, 3.05) is 0 Å². The number of imidazole rings is 1. The van der Waals surface area contributed by atoms with Crippen LogP contribution in [0.3, 0.4) is 0 Å². The van der Waals surface area contributed by atoms with Gasteiger partial charge >= 0.3 is 6.09 Å². The van der Waals surface area contributed by atoms with E-state index in [2.05, 4.69) is 41.7 Å². The molecule has 2 aromatic carbocycles. The second-order valence-corrected chi connectivity index (χ2v) is 10.5. The molecule has 1 aliphatic rings. The molecule has 1 aliphatic carbocycles. The first-order chi connectivity index (χ1) is 17.2. The van der Waals surface area contributed by atoms with E-state index in [1.807, 2.05) is 61.7 Å². The van der Waals surface area contributed by atoms with E-state index in [-0.39, 0.29) is 11.9 Å². The Hall–Kier alpha value is -3.93. The third-order valence-electron chi connectivity index (χ3n) is 6.73. The Morgan fingerprint density at radius 2 is 1.64 bits per heavy atom. The van der Waals surface area contributed by atoms with Gasteiger partial charge in [-0.3, -0.25) is 9.20 Å². The van der Waals surface area contributed by atoms with E-state index in [4.69, 9.17) is 9.72 Å². The van der Waals surface area contributed by atoms with E-state index in [0.717, 1.165) is 53.0 Å². The zero-order chi connectivity index (χ0) is 25.5. The van der Waals surface area contributed by atoms with Crippen molar-refractivity contribution < 1.29 is 14.3 Å². The Bertz CT molecular complexity index is 1430. The molecule has 0 radical (unpaired) electrons. The highest BCUT2D eigenvalue weighted by molar-refractivity contribution is 5.94. The largest absolute Gasteiger partial charge is 0.444 e. The molecule has 2 aromatic heterocycles. The standard InChI is InChI=1S/C30H31N3O3/c1-20(34)23-13-16-25-31-26(27(33(25)19-23)22-9-6-5-7-10-22)21-11-14-24(15-12-21)30(17-8-18-30)32-28(35)36-29(2,3)4/h5-7,9-16,19H,8,17-18H2,1-4H3,(H,32,35). The van der Waals surface area contributed by atoms with Crippen LogP contribution in [0.2, 0.25) is 0 Å². The normalized spacial score (nSPS) is 14.8. The number of pyridine rings is 1. The topological polar surface area (TPSA) is 72.7 Å². The number of benzene rings is 2. The average Bonchev–Trinajstić information content (AvgIpc) is 3.20. The predicted molar refractivity (Wildman–Crippen MR) is 141 cm³/mol. The Morgan fingerprint density at radius 3 is 2.22 bits per heavy atom. The Kier molecular flexibility index (Phi) is 5.91. The van der Waals surface area contributed by atoms with E-state index >= 15 is 0 Å². The number of nitrogens with zero attached hydrogens (tertiary/aromatic N) is 2. The number of alkyl carbamates (subject to hydrolysis) is 1. The highest BCUT2D eigenvalue weighted by atomic mass is 16.6. The first-order valence-electron chi connectivity index (χ1n) is 12.4. The molecule has 0 bridgehead atoms. The molecule has 0 spiro atoms. The van der Waals surface area contributed by atoms with Crippen LogP contribution in [0.25, 0.3) is 28.2 Å². The zero-order valence-electron chi connectivity index (χ0n) is 21.2. The summed E-state index contributed by atoms with van der Waals surface area (Å²) in [5.74, 6) is 0.0128. The fourth-order valence-electron chi connectivity index (χ4n) is 4.79. The number of nitrogens with one attached hydrogen (secondary N) is 1. The lowest BCUT2D eigenvalue weighted by Crippen LogP contribution is -2.52. The molecular formula is C30H31N3O3. The molecule has 1 fully saturated rings. The van der Waals surface area contributed by atoms with Crippen LogP contribution in [-0.2, 0) is 10.3 Å². The maximum absolute atomic E-state index is 12.5. The average molecular weight is 482 g/mol. The number of ketones is 1. The lowest BCUT2D eigenvalue weighted by molar-refractivity contribution is 0.0377. The van der Waals surface area contributed by atoms with Crippen molar-refractivity contribution >= 4 is 17.5 Å². The lowest BCUT2D eigenvalue weighted by atomic mass is 9.71. The minimum atomic E-state index is -0.544. The zero-order valence-corrected chi connectivity index (χ0v) is 21.2. The smallest absolute Gasteiger partial charge is 0.408 e. The maximum atomic E-state index is 12.5. The fourth-order valence-corrected chi connectivity index (χ4v) is 4.79. The molecule has 0 atom stereocenters. The minimum Gasteiger partial charge on any atom is -0.444 e. The van der Waals surface area contributed by atoms with Gasteiger partial charge in [-0.25, -0.2) is 9.78 Å². The summed E-state index contributed by atoms with van der Waals surface area (Å²) in [5, 5.41) is 3.12. The first kappa shape index (κ1) is 23.8. The molecule has 1 saturated carbocycles. The SMILES string of the molecule is CC(=O)c1ccc2nc(-c3ccc(C4(NC(=O)OC(C)(C)C)CCC4)cc3)c(-c3ccccc3)n2c1. The lowest BCUT2D eigenvalue weighted by Gasteiger charge is -2.43. The summed E-state index contributed by atoms with van der Waals surface area (Å²) in [5.41, 5.74) is 5.30. The van der Waals surface area contributed by atoms with Crippen LogP contribution in [0.15, 0.2) is 72.9 Å². The van der Waals surface area contributed by atoms with E-state index in [1.54, 1.807) is 6.92 Å². The molecule has 36 heavy (non-hydrogen) atoms. The molecule has 4 aromatic rings. The van der Waals surface area contributed by atoms with Crippen LogP contribution in [0.5, 0.6) is 0 Å². The molecule has 1 amide bonds. The van der Waals surface area contributed by atoms with Gasteiger partial charge in [0.05, 0.1) is 16.9 Å². The molecule has 6 heteroatoms. The van der Waals surface area contributed by atoms with Crippen LogP contribution in [0.1, 0.15) is 62.9 Å². The number of carbonyl (C=O) groups is 2. The molecule has 6 nitrogen and oxygen atoms in total. The Morgan fingerprint density at radius 1 is 0.944 bits per heavy atom. The number of ether oxygens (including phenoxy) is 1. The maximum Gasteiger partial charge on any atom is 0.408 e. The quantitative estimate of drug-likeness (QED) is 0.319. The van der Waals surface area contributed by atoms with Crippen molar-refractivity contribution in [3.05, 3.63) is 84.1 Å². The van der Waals surface area contributed by atoms with Crippen molar-refractivity contribution in [1.29, 1.82) is 0 Å². The number of aromatic nitrogens is 2. The molecule has 184 valence electrons. The summed E-state index contributed by atoms with van der Waals surface area (Å²) in [6.45, 7) is 7.18. The van der Waals surface area contributed by atoms with Crippen LogP contribution in [0, 0.1) is 0 Å². The van der Waals surface area contributed by atoms with Gasteiger partial charge < -0.3 is 10.1 Å². The summed E-state index contributed by atoms with van der Waals surface area (Å²) >= 11 is 0. The molecule has 0 unspecified atom stereocenters. The van der Waals surface area contributed by atoms with E-state index in [9.17, 15) is 9.59 Å². The van der Waals surface area contributed by atoms with Crippen LogP contribution in [0.4, 0.5) is 4.79 Å². The van der Waals surface area contributed by atoms with Gasteiger partial charge in [0, 0.05) is 22.9 Å². The molecule has 5 rings (SSSR count). The monoisotopic (exact) mass is 481 g/mol. The predicted octanol–water partition coefficient (Wildman–Crippen LogP) is 6.77. The summed E-state index contributed by atoms with van der Waals surface area (Å²) in [7, 11) is 0. The Labute approximate surface area is 211 Å². The van der Waals surface area contributed by atoms with Gasteiger partial charge in [0.1, 0.15) is 11.2 Å². The molecule has 2 heterocycles. The Balaban J connectivity index is 1.54. The van der Waals surface area contributed by atoms with E-state index in [0.29, 0.717) is 5.56 Å². The van der Waals surface area contributed by atoms with Crippen LogP contribution in [-0.4, -0.2) is 26.9 Å². The number of Topliss-reactive ketones (excluding diaryl/α,β-unsaturated/α-hetero) is 1. The number of rotatable bonds is 5. The van der Waals surface area contributed by atoms with Crippen molar-refractivity contribution in [2.45, 2.75) is 58.1 Å². The summed E-state index contributed by atoms with van der Waals surface area (Å²) in [6, 6.07) is 22.1. The molecular weight excluding hydrogens is 450 g/mol. The second kappa shape index (κ2) is 8.94. The van der Waals surface area contributed by atoms with E-state index < -0.39 is 11.1 Å². The van der Waals surface area contributed by atoms with Crippen molar-refractivity contribution in [2.24, 2.45) is 0 Å². The van der Waals surface area contributed by atoms with Crippen LogP contribution < -0.4 is 5.32 Å². The summed E-state index contributed by atoms with van der Waals surface area (Å²) < 4.78 is 7.51. The number of amides is 1. The van der Waals surface area contributed by atoms with Gasteiger partial charge in [0.2, 0.25) is 0 Å². The van der Waals surface area contributed by atoms with Crippen molar-refractivity contribution in [1.82, 2.24) is 14.7 Å². The van der Waals surface area contributed by atoms with E-state index in [1.165, 1.54) is 0 Å². The van der Waals surface area contributed by atoms with Crippen LogP contribution >= 0.6 is 0 Å². The highest BCUT2D eigenvalue weighted by Gasteiger charge is 2.41. The van der Waals surface area contributed by atoms with Gasteiger partial charge in [-0.1, -0.05) is 54.6 Å². The van der Waals surface area contributed by atoms with Crippen molar-refractivity contribution in [3.63, 3.8) is 0 Å². The molecule has 1 N–H and O–H groups in total. The van der Waals surface area contributed by atoms with Gasteiger partial charge in [-0.2, -0.15) is 0 Å². The third-order valence-corrected chi connectivity index (χ3v) is 6.73. The number of carbonyl (C=O) groups excluding carboxylic acids is 2. The fraction of sp³-hybridized carbons (Fsp3) is 0.300. The van der Waals surface area contributed by atoms with Gasteiger partial charge in [0.15, 0.2) is 5.78 Å². The third kappa shape index (κ3) is 4.51. The van der Waals surface area contributed by atoms with Gasteiger partial charge in [-0.15, -0.1) is 0 Å². The number of hydrogen-bond donors (Lipinski definition) is 1. The van der Waals surface area contributed by atoms with Gasteiger partial charge in [0.25, 0.3) is 0 Å². The minimum absolute atomic E-state index is 0.0128. The molecule has 0 aliphatic heterocycles. The number of fused-ring (bicyclic) bond motifs is 1. The summed E-state index contributed by atoms with van der Waals surface area (Å²) in [6.07, 6.45) is 4.28. The molecule has 0 saturated heterocycles. The number of hydrogen-bond acceptors (Lipinski definition) is 4. The summed E-state index contributed by atoms with van der Waals surface area (Å²) in [4.78, 5) is 29.5.